The van der Waals surface area contributed by atoms with Crippen molar-refractivity contribution < 1.29 is 9.50 Å². The Morgan fingerprint density at radius 3 is 2.67 bits per heavy atom. The fraction of sp³-hybridized carbons (Fsp3) is 0.353. The van der Waals surface area contributed by atoms with Crippen LogP contribution in [0.2, 0.25) is 0 Å². The monoisotopic (exact) mass is 286 g/mol. The van der Waals surface area contributed by atoms with Crippen molar-refractivity contribution in [3.63, 3.8) is 0 Å². The minimum atomic E-state index is -0.170. The molecule has 1 N–H and O–H groups in total. The number of hydrogen-bond donors (Lipinski definition) is 1. The van der Waals surface area contributed by atoms with E-state index >= 15 is 0 Å². The molecule has 21 heavy (non-hydrogen) atoms. The summed E-state index contributed by atoms with van der Waals surface area (Å²) in [6, 6.07) is 9.15. The summed E-state index contributed by atoms with van der Waals surface area (Å²) in [6.45, 7) is 2.61. The molecule has 1 unspecified atom stereocenters. The quantitative estimate of drug-likeness (QED) is 0.939. The molecule has 110 valence electrons. The second-order valence-electron chi connectivity index (χ2n) is 5.61. The molecule has 1 atom stereocenters. The van der Waals surface area contributed by atoms with E-state index in [0.29, 0.717) is 18.0 Å². The molecule has 0 bridgehead atoms. The lowest BCUT2D eigenvalue weighted by molar-refractivity contribution is 0.219. The number of halogens is 1. The zero-order valence-corrected chi connectivity index (χ0v) is 11.9. The van der Waals surface area contributed by atoms with Gasteiger partial charge in [0.2, 0.25) is 0 Å². The third-order valence-electron chi connectivity index (χ3n) is 4.09. The smallest absolute Gasteiger partial charge is 0.128 e. The van der Waals surface area contributed by atoms with Gasteiger partial charge in [0.05, 0.1) is 0 Å². The number of likely N-dealkylation sites (tertiary alicyclic amines) is 1. The highest BCUT2D eigenvalue weighted by Crippen LogP contribution is 2.24. The number of benzene rings is 1. The number of pyridine rings is 1. The van der Waals surface area contributed by atoms with Crippen LogP contribution in [-0.2, 0) is 6.54 Å². The van der Waals surface area contributed by atoms with E-state index in [1.54, 1.807) is 18.5 Å². The summed E-state index contributed by atoms with van der Waals surface area (Å²) in [5, 5.41) is 9.16. The number of nitrogens with zero attached hydrogens (tertiary/aromatic N) is 2. The van der Waals surface area contributed by atoms with Crippen LogP contribution in [0.4, 0.5) is 4.39 Å². The van der Waals surface area contributed by atoms with Crippen LogP contribution in [0.25, 0.3) is 11.1 Å². The van der Waals surface area contributed by atoms with Crippen LogP contribution < -0.4 is 0 Å². The van der Waals surface area contributed by atoms with Gasteiger partial charge in [0.15, 0.2) is 0 Å². The molecule has 1 fully saturated rings. The number of rotatable bonds is 4. The molecule has 2 aromatic rings. The predicted octanol–water partition coefficient (Wildman–Crippen LogP) is 2.70. The lowest BCUT2D eigenvalue weighted by Crippen LogP contribution is -2.21. The molecule has 1 aliphatic rings. The number of aromatic nitrogens is 1. The molecular weight excluding hydrogens is 267 g/mol. The molecule has 3 nitrogen and oxygen atoms in total. The summed E-state index contributed by atoms with van der Waals surface area (Å²) >= 11 is 0. The Morgan fingerprint density at radius 2 is 2.00 bits per heavy atom. The van der Waals surface area contributed by atoms with Crippen LogP contribution in [0, 0.1) is 11.7 Å². The van der Waals surface area contributed by atoms with E-state index < -0.39 is 0 Å². The Labute approximate surface area is 124 Å². The molecule has 4 heteroatoms. The largest absolute Gasteiger partial charge is 0.396 e. The predicted molar refractivity (Wildman–Crippen MR) is 80.1 cm³/mol. The molecule has 1 aromatic carbocycles. The minimum Gasteiger partial charge on any atom is -0.396 e. The average molecular weight is 286 g/mol. The summed E-state index contributed by atoms with van der Waals surface area (Å²) < 4.78 is 14.3. The highest BCUT2D eigenvalue weighted by atomic mass is 19.1. The van der Waals surface area contributed by atoms with Gasteiger partial charge in [0.1, 0.15) is 5.82 Å². The van der Waals surface area contributed by atoms with Crippen LogP contribution in [0.3, 0.4) is 0 Å². The lowest BCUT2D eigenvalue weighted by Gasteiger charge is -2.16. The molecule has 0 saturated carbocycles. The minimum absolute atomic E-state index is 0.170. The van der Waals surface area contributed by atoms with Crippen LogP contribution in [0.1, 0.15) is 12.0 Å². The average Bonchev–Trinajstić information content (AvgIpc) is 2.98. The van der Waals surface area contributed by atoms with E-state index in [-0.39, 0.29) is 12.4 Å². The number of aliphatic hydroxyl groups is 1. The molecule has 1 aromatic heterocycles. The van der Waals surface area contributed by atoms with Crippen molar-refractivity contribution in [2.75, 3.05) is 19.7 Å². The topological polar surface area (TPSA) is 36.4 Å². The highest BCUT2D eigenvalue weighted by molar-refractivity contribution is 5.63. The molecule has 0 amide bonds. The Morgan fingerprint density at radius 1 is 1.19 bits per heavy atom. The molecule has 1 saturated heterocycles. The maximum Gasteiger partial charge on any atom is 0.128 e. The summed E-state index contributed by atoms with van der Waals surface area (Å²) in [6.07, 6.45) is 4.41. The number of hydrogen-bond acceptors (Lipinski definition) is 3. The second kappa shape index (κ2) is 6.33. The van der Waals surface area contributed by atoms with E-state index in [1.165, 1.54) is 0 Å². The van der Waals surface area contributed by atoms with Crippen LogP contribution in [-0.4, -0.2) is 34.7 Å². The maximum atomic E-state index is 14.3. The van der Waals surface area contributed by atoms with Gasteiger partial charge in [0.25, 0.3) is 0 Å². The van der Waals surface area contributed by atoms with Crippen LogP contribution >= 0.6 is 0 Å². The first-order valence-corrected chi connectivity index (χ1v) is 7.28. The zero-order valence-electron chi connectivity index (χ0n) is 11.9. The van der Waals surface area contributed by atoms with Gasteiger partial charge in [-0.2, -0.15) is 0 Å². The summed E-state index contributed by atoms with van der Waals surface area (Å²) in [7, 11) is 0. The van der Waals surface area contributed by atoms with Gasteiger partial charge in [-0.15, -0.1) is 0 Å². The van der Waals surface area contributed by atoms with Gasteiger partial charge in [-0.25, -0.2) is 4.39 Å². The van der Waals surface area contributed by atoms with E-state index in [2.05, 4.69) is 9.88 Å². The first kappa shape index (κ1) is 14.2. The summed E-state index contributed by atoms with van der Waals surface area (Å²) in [5.74, 6) is 0.168. The Balaban J connectivity index is 1.73. The fourth-order valence-corrected chi connectivity index (χ4v) is 2.85. The standard InChI is InChI=1S/C17H19FN2O/c18-17-9-15(14-3-6-19-7-4-14)1-2-16(17)11-20-8-5-13(10-20)12-21/h1-4,6-7,9,13,21H,5,8,10-12H2. The van der Waals surface area contributed by atoms with Crippen LogP contribution in [0.15, 0.2) is 42.7 Å². The molecule has 0 radical (unpaired) electrons. The molecule has 0 aliphatic carbocycles. The SMILES string of the molecule is OCC1CCN(Cc2ccc(-c3ccncc3)cc2F)C1. The number of aliphatic hydroxyl groups excluding tert-OH is 1. The Hall–Kier alpha value is -1.78. The van der Waals surface area contributed by atoms with Gasteiger partial charge < -0.3 is 5.11 Å². The third kappa shape index (κ3) is 3.28. The van der Waals surface area contributed by atoms with Gasteiger partial charge >= 0.3 is 0 Å². The van der Waals surface area contributed by atoms with Crippen molar-refractivity contribution in [2.24, 2.45) is 5.92 Å². The van der Waals surface area contributed by atoms with Crippen molar-refractivity contribution in [3.05, 3.63) is 54.1 Å². The van der Waals surface area contributed by atoms with Gasteiger partial charge in [-0.3, -0.25) is 9.88 Å². The van der Waals surface area contributed by atoms with Crippen molar-refractivity contribution in [3.8, 4) is 11.1 Å². The lowest BCUT2D eigenvalue weighted by atomic mass is 10.0. The molecule has 1 aliphatic heterocycles. The van der Waals surface area contributed by atoms with E-state index in [9.17, 15) is 4.39 Å². The van der Waals surface area contributed by atoms with Crippen molar-refractivity contribution in [1.82, 2.24) is 9.88 Å². The van der Waals surface area contributed by atoms with Gasteiger partial charge in [-0.05, 0) is 48.2 Å². The molecule has 2 heterocycles. The van der Waals surface area contributed by atoms with Gasteiger partial charge in [-0.1, -0.05) is 12.1 Å². The summed E-state index contributed by atoms with van der Waals surface area (Å²) in [5.41, 5.74) is 2.55. The first-order chi connectivity index (χ1) is 10.3. The Bertz CT molecular complexity index is 603. The van der Waals surface area contributed by atoms with Crippen molar-refractivity contribution in [2.45, 2.75) is 13.0 Å². The zero-order chi connectivity index (χ0) is 14.7. The fourth-order valence-electron chi connectivity index (χ4n) is 2.85. The third-order valence-corrected chi connectivity index (χ3v) is 4.09. The summed E-state index contributed by atoms with van der Waals surface area (Å²) in [4.78, 5) is 6.17. The van der Waals surface area contributed by atoms with E-state index in [1.807, 2.05) is 24.3 Å². The molecule has 3 rings (SSSR count). The van der Waals surface area contributed by atoms with E-state index in [4.69, 9.17) is 5.11 Å². The second-order valence-corrected chi connectivity index (χ2v) is 5.61. The van der Waals surface area contributed by atoms with E-state index in [0.717, 1.165) is 30.6 Å². The normalized spacial score (nSPS) is 19.0. The van der Waals surface area contributed by atoms with Crippen LogP contribution in [0.5, 0.6) is 0 Å². The van der Waals surface area contributed by atoms with Crippen molar-refractivity contribution >= 4 is 0 Å². The first-order valence-electron chi connectivity index (χ1n) is 7.28. The highest BCUT2D eigenvalue weighted by Gasteiger charge is 2.22. The Kier molecular flexibility index (Phi) is 4.27. The van der Waals surface area contributed by atoms with Crippen molar-refractivity contribution in [1.29, 1.82) is 0 Å². The van der Waals surface area contributed by atoms with Gasteiger partial charge in [0, 0.05) is 37.7 Å². The maximum absolute atomic E-state index is 14.3. The molecule has 0 spiro atoms. The molecular formula is C17H19FN2O.